The highest BCUT2D eigenvalue weighted by Gasteiger charge is 2.23. The highest BCUT2D eigenvalue weighted by Crippen LogP contribution is 2.15. The average molecular weight is 257 g/mol. The molecule has 0 aromatic heterocycles. The highest BCUT2D eigenvalue weighted by molar-refractivity contribution is 5.75. The van der Waals surface area contributed by atoms with E-state index in [0.717, 1.165) is 19.5 Å². The van der Waals surface area contributed by atoms with Crippen LogP contribution in [0.3, 0.4) is 0 Å². The van der Waals surface area contributed by atoms with Gasteiger partial charge in [-0.25, -0.2) is 4.79 Å². The summed E-state index contributed by atoms with van der Waals surface area (Å²) in [6, 6.07) is 0.128. The first-order valence-corrected chi connectivity index (χ1v) is 6.53. The lowest BCUT2D eigenvalue weighted by Gasteiger charge is -2.23. The van der Waals surface area contributed by atoms with Crippen LogP contribution in [0.2, 0.25) is 0 Å². The van der Waals surface area contributed by atoms with E-state index < -0.39 is 11.9 Å². The topological polar surface area (TPSA) is 81.7 Å². The summed E-state index contributed by atoms with van der Waals surface area (Å²) in [6.45, 7) is 6.57. The Bertz CT molecular complexity index is 296. The van der Waals surface area contributed by atoms with E-state index in [9.17, 15) is 9.59 Å². The number of likely N-dealkylation sites (tertiary alicyclic amines) is 1. The van der Waals surface area contributed by atoms with Gasteiger partial charge in [0, 0.05) is 19.1 Å². The van der Waals surface area contributed by atoms with Crippen molar-refractivity contribution in [3.63, 3.8) is 0 Å². The number of aliphatic carboxylic acids is 1. The Balaban J connectivity index is 2.19. The molecule has 0 aromatic rings. The van der Waals surface area contributed by atoms with Crippen LogP contribution in [0.15, 0.2) is 0 Å². The molecule has 0 aliphatic carbocycles. The molecule has 1 heterocycles. The summed E-state index contributed by atoms with van der Waals surface area (Å²) in [5, 5.41) is 14.1. The van der Waals surface area contributed by atoms with Crippen molar-refractivity contribution < 1.29 is 14.7 Å². The first kappa shape index (κ1) is 14.8. The van der Waals surface area contributed by atoms with E-state index >= 15 is 0 Å². The molecule has 6 heteroatoms. The van der Waals surface area contributed by atoms with Crippen molar-refractivity contribution in [2.75, 3.05) is 26.2 Å². The predicted octanol–water partition coefficient (Wildman–Crippen LogP) is 0.491. The van der Waals surface area contributed by atoms with Gasteiger partial charge in [-0.05, 0) is 25.9 Å². The maximum atomic E-state index is 11.5. The Kier molecular flexibility index (Phi) is 5.91. The number of hydrogen-bond acceptors (Lipinski definition) is 3. The van der Waals surface area contributed by atoms with Crippen molar-refractivity contribution in [2.45, 2.75) is 32.7 Å². The van der Waals surface area contributed by atoms with Gasteiger partial charge in [0.1, 0.15) is 0 Å². The minimum absolute atomic E-state index is 0.156. The molecule has 1 aliphatic rings. The van der Waals surface area contributed by atoms with E-state index in [1.165, 1.54) is 6.42 Å². The van der Waals surface area contributed by atoms with Crippen LogP contribution < -0.4 is 10.6 Å². The van der Waals surface area contributed by atoms with E-state index in [1.807, 2.05) is 0 Å². The van der Waals surface area contributed by atoms with Crippen molar-refractivity contribution in [3.05, 3.63) is 0 Å². The molecular weight excluding hydrogens is 234 g/mol. The lowest BCUT2D eigenvalue weighted by atomic mass is 10.2. The number of carboxylic acids is 1. The standard InChI is InChI=1S/C12H23N3O3/c1-3-15-6-4-5-10(15)8-14-12(18)13-7-9(2)11(16)17/h9-10H,3-8H2,1-2H3,(H,16,17)(H2,13,14,18). The van der Waals surface area contributed by atoms with Gasteiger partial charge in [-0.1, -0.05) is 13.8 Å². The highest BCUT2D eigenvalue weighted by atomic mass is 16.4. The smallest absolute Gasteiger partial charge is 0.314 e. The summed E-state index contributed by atoms with van der Waals surface area (Å²) in [5.41, 5.74) is 0. The fourth-order valence-electron chi connectivity index (χ4n) is 2.15. The molecule has 1 rings (SSSR count). The Morgan fingerprint density at radius 3 is 2.78 bits per heavy atom. The van der Waals surface area contributed by atoms with E-state index in [4.69, 9.17) is 5.11 Å². The van der Waals surface area contributed by atoms with Gasteiger partial charge in [0.2, 0.25) is 0 Å². The molecule has 1 saturated heterocycles. The predicted molar refractivity (Wildman–Crippen MR) is 68.5 cm³/mol. The number of nitrogens with one attached hydrogen (secondary N) is 2. The zero-order valence-electron chi connectivity index (χ0n) is 11.1. The van der Waals surface area contributed by atoms with Crippen molar-refractivity contribution in [1.29, 1.82) is 0 Å². The first-order chi connectivity index (χ1) is 8.54. The lowest BCUT2D eigenvalue weighted by Crippen LogP contribution is -2.45. The molecule has 2 atom stereocenters. The number of carbonyl (C=O) groups is 2. The number of hydrogen-bond donors (Lipinski definition) is 3. The van der Waals surface area contributed by atoms with E-state index in [0.29, 0.717) is 12.6 Å². The molecule has 1 fully saturated rings. The fraction of sp³-hybridized carbons (Fsp3) is 0.833. The van der Waals surface area contributed by atoms with Gasteiger partial charge in [0.15, 0.2) is 0 Å². The Hall–Kier alpha value is -1.30. The molecule has 104 valence electrons. The molecule has 2 amide bonds. The van der Waals surface area contributed by atoms with Crippen molar-refractivity contribution in [2.24, 2.45) is 5.92 Å². The average Bonchev–Trinajstić information content (AvgIpc) is 2.80. The van der Waals surface area contributed by atoms with E-state index in [2.05, 4.69) is 22.5 Å². The van der Waals surface area contributed by atoms with Crippen molar-refractivity contribution in [3.8, 4) is 0 Å². The molecule has 6 nitrogen and oxygen atoms in total. The minimum Gasteiger partial charge on any atom is -0.481 e. The molecule has 1 aliphatic heterocycles. The van der Waals surface area contributed by atoms with Crippen LogP contribution in [0.4, 0.5) is 4.79 Å². The number of amides is 2. The van der Waals surface area contributed by atoms with Gasteiger partial charge in [-0.15, -0.1) is 0 Å². The van der Waals surface area contributed by atoms with Gasteiger partial charge in [0.05, 0.1) is 5.92 Å². The van der Waals surface area contributed by atoms with Crippen molar-refractivity contribution >= 4 is 12.0 Å². The third-order valence-corrected chi connectivity index (χ3v) is 3.39. The summed E-state index contributed by atoms with van der Waals surface area (Å²) in [7, 11) is 0. The SMILES string of the molecule is CCN1CCCC1CNC(=O)NCC(C)C(=O)O. The Morgan fingerprint density at radius 2 is 2.17 bits per heavy atom. The normalized spacial score (nSPS) is 21.6. The van der Waals surface area contributed by atoms with E-state index in [1.54, 1.807) is 6.92 Å². The van der Waals surface area contributed by atoms with Crippen LogP contribution in [-0.2, 0) is 4.79 Å². The monoisotopic (exact) mass is 257 g/mol. The summed E-state index contributed by atoms with van der Waals surface area (Å²) in [4.78, 5) is 24.4. The number of rotatable bonds is 6. The number of carbonyl (C=O) groups excluding carboxylic acids is 1. The largest absolute Gasteiger partial charge is 0.481 e. The van der Waals surface area contributed by atoms with Gasteiger partial charge in [-0.3, -0.25) is 9.69 Å². The molecule has 0 radical (unpaired) electrons. The summed E-state index contributed by atoms with van der Waals surface area (Å²) in [6.07, 6.45) is 2.29. The molecule has 0 bridgehead atoms. The van der Waals surface area contributed by atoms with Crippen LogP contribution in [0, 0.1) is 5.92 Å². The zero-order valence-corrected chi connectivity index (χ0v) is 11.1. The molecule has 0 saturated carbocycles. The van der Waals surface area contributed by atoms with Crippen LogP contribution in [0.1, 0.15) is 26.7 Å². The molecule has 0 aromatic carbocycles. The second kappa shape index (κ2) is 7.20. The van der Waals surface area contributed by atoms with E-state index in [-0.39, 0.29) is 12.6 Å². The van der Waals surface area contributed by atoms with Crippen LogP contribution >= 0.6 is 0 Å². The summed E-state index contributed by atoms with van der Waals surface area (Å²) >= 11 is 0. The summed E-state index contributed by atoms with van der Waals surface area (Å²) in [5.74, 6) is -1.46. The van der Waals surface area contributed by atoms with Crippen LogP contribution in [0.25, 0.3) is 0 Å². The number of likely N-dealkylation sites (N-methyl/N-ethyl adjacent to an activating group) is 1. The Labute approximate surface area is 108 Å². The van der Waals surface area contributed by atoms with Crippen molar-refractivity contribution in [1.82, 2.24) is 15.5 Å². The number of carboxylic acid groups (broad SMARTS) is 1. The molecule has 3 N–H and O–H groups in total. The number of urea groups is 1. The molecule has 0 spiro atoms. The maximum Gasteiger partial charge on any atom is 0.314 e. The molecular formula is C12H23N3O3. The zero-order chi connectivity index (χ0) is 13.5. The van der Waals surface area contributed by atoms with Gasteiger partial charge in [-0.2, -0.15) is 0 Å². The third kappa shape index (κ3) is 4.52. The lowest BCUT2D eigenvalue weighted by molar-refractivity contribution is -0.140. The molecule has 2 unspecified atom stereocenters. The first-order valence-electron chi connectivity index (χ1n) is 6.53. The van der Waals surface area contributed by atoms with Gasteiger partial charge in [0.25, 0.3) is 0 Å². The fourth-order valence-corrected chi connectivity index (χ4v) is 2.15. The van der Waals surface area contributed by atoms with Gasteiger partial charge >= 0.3 is 12.0 Å². The third-order valence-electron chi connectivity index (χ3n) is 3.39. The number of nitrogens with zero attached hydrogens (tertiary/aromatic N) is 1. The minimum atomic E-state index is -0.900. The second-order valence-electron chi connectivity index (χ2n) is 4.75. The quantitative estimate of drug-likeness (QED) is 0.647. The van der Waals surface area contributed by atoms with Gasteiger partial charge < -0.3 is 15.7 Å². The molecule has 18 heavy (non-hydrogen) atoms. The maximum absolute atomic E-state index is 11.5. The second-order valence-corrected chi connectivity index (χ2v) is 4.75. The summed E-state index contributed by atoms with van der Waals surface area (Å²) < 4.78 is 0. The van der Waals surface area contributed by atoms with Crippen LogP contribution in [0.5, 0.6) is 0 Å². The Morgan fingerprint density at radius 1 is 1.44 bits per heavy atom. The van der Waals surface area contributed by atoms with Crippen LogP contribution in [-0.4, -0.2) is 54.2 Å².